The number of aromatic nitrogens is 3. The Bertz CT molecular complexity index is 641. The maximum absolute atomic E-state index is 11.2. The quantitative estimate of drug-likeness (QED) is 0.667. The van der Waals surface area contributed by atoms with Gasteiger partial charge in [0.2, 0.25) is 0 Å². The molecule has 1 N–H and O–H groups in total. The van der Waals surface area contributed by atoms with Crippen LogP contribution in [0.4, 0.5) is 5.69 Å². The van der Waals surface area contributed by atoms with Gasteiger partial charge in [0.25, 0.3) is 5.69 Å². The van der Waals surface area contributed by atoms with E-state index in [0.717, 1.165) is 17.8 Å². The summed E-state index contributed by atoms with van der Waals surface area (Å²) >= 11 is 3.36. The summed E-state index contributed by atoms with van der Waals surface area (Å²) in [5, 5.41) is 22.3. The molecule has 7 nitrogen and oxygen atoms in total. The summed E-state index contributed by atoms with van der Waals surface area (Å²) in [7, 11) is 0. The highest BCUT2D eigenvalue weighted by atomic mass is 79.9. The lowest BCUT2D eigenvalue weighted by Crippen LogP contribution is -2.11. The highest BCUT2D eigenvalue weighted by Gasteiger charge is 2.20. The van der Waals surface area contributed by atoms with Gasteiger partial charge in [0.05, 0.1) is 21.3 Å². The van der Waals surface area contributed by atoms with Gasteiger partial charge in [0, 0.05) is 12.6 Å². The Labute approximate surface area is 124 Å². The Morgan fingerprint density at radius 2 is 2.25 bits per heavy atom. The van der Waals surface area contributed by atoms with Gasteiger partial charge in [0.15, 0.2) is 5.69 Å². The third-order valence-corrected chi connectivity index (χ3v) is 3.31. The first kappa shape index (κ1) is 14.6. The molecule has 0 saturated carbocycles. The minimum absolute atomic E-state index is 0.00299. The van der Waals surface area contributed by atoms with Gasteiger partial charge in [-0.25, -0.2) is 4.68 Å². The lowest BCUT2D eigenvalue weighted by molar-refractivity contribution is -0.384. The summed E-state index contributed by atoms with van der Waals surface area (Å²) < 4.78 is 2.04. The van der Waals surface area contributed by atoms with Gasteiger partial charge in [0.1, 0.15) is 0 Å². The lowest BCUT2D eigenvalue weighted by atomic mass is 10.2. The molecule has 0 atom stereocenters. The van der Waals surface area contributed by atoms with Crippen molar-refractivity contribution in [3.05, 3.63) is 44.2 Å². The van der Waals surface area contributed by atoms with Crippen LogP contribution in [0.5, 0.6) is 0 Å². The normalized spacial score (nSPS) is 10.8. The number of rotatable bonds is 5. The van der Waals surface area contributed by atoms with E-state index in [4.69, 9.17) is 0 Å². The average molecular weight is 340 g/mol. The van der Waals surface area contributed by atoms with E-state index in [1.807, 2.05) is 13.0 Å². The summed E-state index contributed by atoms with van der Waals surface area (Å²) in [6.45, 7) is 5.19. The molecule has 1 aromatic heterocycles. The first-order chi connectivity index (χ1) is 9.52. The molecule has 0 fully saturated rings. The molecule has 1 heterocycles. The van der Waals surface area contributed by atoms with Crippen LogP contribution in [0.3, 0.4) is 0 Å². The van der Waals surface area contributed by atoms with Crippen LogP contribution in [-0.4, -0.2) is 26.5 Å². The number of aryl methyl sites for hydroxylation is 1. The van der Waals surface area contributed by atoms with Crippen molar-refractivity contribution in [2.75, 3.05) is 6.54 Å². The van der Waals surface area contributed by atoms with E-state index in [2.05, 4.69) is 31.6 Å². The number of benzene rings is 1. The van der Waals surface area contributed by atoms with E-state index < -0.39 is 4.92 Å². The van der Waals surface area contributed by atoms with E-state index in [-0.39, 0.29) is 5.69 Å². The second-order valence-corrected chi connectivity index (χ2v) is 5.16. The topological polar surface area (TPSA) is 85.9 Å². The standard InChI is InChI=1S/C12H14BrN5O2/c1-3-14-6-9-7-17(16-15-9)12-10(13)4-8(2)5-11(12)18(19)20/h4-5,7,14H,3,6H2,1-2H3. The van der Waals surface area contributed by atoms with Crippen molar-refractivity contribution < 1.29 is 4.92 Å². The Balaban J connectivity index is 2.46. The van der Waals surface area contributed by atoms with Crippen LogP contribution >= 0.6 is 15.9 Å². The number of hydrogen-bond acceptors (Lipinski definition) is 5. The summed E-state index contributed by atoms with van der Waals surface area (Å²) in [5.41, 5.74) is 1.92. The zero-order valence-electron chi connectivity index (χ0n) is 11.1. The predicted molar refractivity (Wildman–Crippen MR) is 77.8 cm³/mol. The molecule has 0 bridgehead atoms. The van der Waals surface area contributed by atoms with Gasteiger partial charge in [-0.1, -0.05) is 12.1 Å². The number of hydrogen-bond donors (Lipinski definition) is 1. The minimum Gasteiger partial charge on any atom is -0.311 e. The largest absolute Gasteiger partial charge is 0.311 e. The van der Waals surface area contributed by atoms with Crippen LogP contribution in [0.15, 0.2) is 22.8 Å². The smallest absolute Gasteiger partial charge is 0.296 e. The average Bonchev–Trinajstić information content (AvgIpc) is 2.83. The Hall–Kier alpha value is -1.80. The van der Waals surface area contributed by atoms with Gasteiger partial charge >= 0.3 is 0 Å². The van der Waals surface area contributed by atoms with E-state index in [0.29, 0.717) is 16.7 Å². The van der Waals surface area contributed by atoms with Crippen LogP contribution in [0.2, 0.25) is 0 Å². The molecule has 8 heteroatoms. The molecule has 2 aromatic rings. The van der Waals surface area contributed by atoms with E-state index in [1.54, 1.807) is 13.1 Å². The first-order valence-electron chi connectivity index (χ1n) is 6.09. The molecule has 20 heavy (non-hydrogen) atoms. The van der Waals surface area contributed by atoms with Gasteiger partial charge in [-0.3, -0.25) is 10.1 Å². The van der Waals surface area contributed by atoms with Crippen LogP contribution in [-0.2, 0) is 6.54 Å². The highest BCUT2D eigenvalue weighted by molar-refractivity contribution is 9.10. The predicted octanol–water partition coefficient (Wildman–Crippen LogP) is 2.36. The molecule has 0 aliphatic heterocycles. The third-order valence-electron chi connectivity index (χ3n) is 2.71. The molecule has 0 aliphatic rings. The van der Waals surface area contributed by atoms with Crippen molar-refractivity contribution >= 4 is 21.6 Å². The summed E-state index contributed by atoms with van der Waals surface area (Å²) in [6, 6.07) is 3.33. The zero-order valence-corrected chi connectivity index (χ0v) is 12.7. The number of halogens is 1. The summed E-state index contributed by atoms with van der Waals surface area (Å²) in [4.78, 5) is 10.8. The van der Waals surface area contributed by atoms with E-state index in [9.17, 15) is 10.1 Å². The molecule has 0 aliphatic carbocycles. The Morgan fingerprint density at radius 3 is 2.90 bits per heavy atom. The fourth-order valence-electron chi connectivity index (χ4n) is 1.82. The first-order valence-corrected chi connectivity index (χ1v) is 6.89. The Kier molecular flexibility index (Phi) is 4.46. The molecular weight excluding hydrogens is 326 g/mol. The van der Waals surface area contributed by atoms with E-state index in [1.165, 1.54) is 10.7 Å². The van der Waals surface area contributed by atoms with Crippen molar-refractivity contribution in [1.29, 1.82) is 0 Å². The highest BCUT2D eigenvalue weighted by Crippen LogP contribution is 2.31. The van der Waals surface area contributed by atoms with Crippen LogP contribution in [0, 0.1) is 17.0 Å². The number of nitro benzene ring substituents is 1. The molecule has 2 rings (SSSR count). The van der Waals surface area contributed by atoms with Crippen LogP contribution < -0.4 is 5.32 Å². The molecule has 0 unspecified atom stereocenters. The maximum atomic E-state index is 11.2. The molecule has 1 aromatic carbocycles. The van der Waals surface area contributed by atoms with Crippen molar-refractivity contribution in [2.24, 2.45) is 0 Å². The summed E-state index contributed by atoms with van der Waals surface area (Å²) in [5.74, 6) is 0. The second-order valence-electron chi connectivity index (χ2n) is 4.31. The van der Waals surface area contributed by atoms with Gasteiger partial charge in [-0.15, -0.1) is 5.10 Å². The van der Waals surface area contributed by atoms with E-state index >= 15 is 0 Å². The van der Waals surface area contributed by atoms with Crippen molar-refractivity contribution in [1.82, 2.24) is 20.3 Å². The van der Waals surface area contributed by atoms with Crippen molar-refractivity contribution in [3.63, 3.8) is 0 Å². The van der Waals surface area contributed by atoms with Gasteiger partial charge in [-0.2, -0.15) is 0 Å². The van der Waals surface area contributed by atoms with Crippen LogP contribution in [0.25, 0.3) is 5.69 Å². The SMILES string of the molecule is CCNCc1cn(-c2c(Br)cc(C)cc2[N+](=O)[O-])nn1. The fourth-order valence-corrected chi connectivity index (χ4v) is 2.57. The van der Waals surface area contributed by atoms with Gasteiger partial charge < -0.3 is 5.32 Å². The van der Waals surface area contributed by atoms with Crippen LogP contribution in [0.1, 0.15) is 18.2 Å². The third kappa shape index (κ3) is 3.02. The van der Waals surface area contributed by atoms with Crippen molar-refractivity contribution in [2.45, 2.75) is 20.4 Å². The minimum atomic E-state index is -0.418. The number of nitrogens with one attached hydrogen (secondary N) is 1. The number of nitro groups is 1. The molecule has 0 saturated heterocycles. The van der Waals surface area contributed by atoms with Gasteiger partial charge in [-0.05, 0) is 41.0 Å². The molecular formula is C12H14BrN5O2. The van der Waals surface area contributed by atoms with Crippen molar-refractivity contribution in [3.8, 4) is 5.69 Å². The Morgan fingerprint density at radius 1 is 1.50 bits per heavy atom. The molecule has 106 valence electrons. The maximum Gasteiger partial charge on any atom is 0.296 e. The summed E-state index contributed by atoms with van der Waals surface area (Å²) in [6.07, 6.45) is 1.69. The molecule has 0 spiro atoms. The lowest BCUT2D eigenvalue weighted by Gasteiger charge is -2.06. The zero-order chi connectivity index (χ0) is 14.7. The molecule has 0 radical (unpaired) electrons. The fraction of sp³-hybridized carbons (Fsp3) is 0.333. The molecule has 0 amide bonds. The second kappa shape index (κ2) is 6.10. The monoisotopic (exact) mass is 339 g/mol. The number of nitrogens with zero attached hydrogens (tertiary/aromatic N) is 4.